The van der Waals surface area contributed by atoms with Crippen LogP contribution in [0.3, 0.4) is 0 Å². The predicted molar refractivity (Wildman–Crippen MR) is 117 cm³/mol. The molecule has 3 rings (SSSR count). The molecular formula is C23H28N2O3S. The van der Waals surface area contributed by atoms with E-state index in [9.17, 15) is 13.2 Å². The Morgan fingerprint density at radius 2 is 1.76 bits per heavy atom. The number of hydrogen-bond acceptors (Lipinski definition) is 3. The Balaban J connectivity index is 1.89. The van der Waals surface area contributed by atoms with E-state index in [0.29, 0.717) is 17.8 Å². The van der Waals surface area contributed by atoms with E-state index in [1.165, 1.54) is 6.42 Å². The summed E-state index contributed by atoms with van der Waals surface area (Å²) in [7, 11) is -3.79. The molecule has 2 aromatic rings. The predicted octanol–water partition coefficient (Wildman–Crippen LogP) is 4.76. The van der Waals surface area contributed by atoms with Gasteiger partial charge in [0.1, 0.15) is 0 Å². The second-order valence-electron chi connectivity index (χ2n) is 7.50. The van der Waals surface area contributed by atoms with E-state index in [-0.39, 0.29) is 16.8 Å². The first-order valence-corrected chi connectivity index (χ1v) is 11.5. The molecule has 0 saturated heterocycles. The van der Waals surface area contributed by atoms with Crippen molar-refractivity contribution in [2.24, 2.45) is 0 Å². The molecule has 5 nitrogen and oxygen atoms in total. The van der Waals surface area contributed by atoms with Gasteiger partial charge in [0.15, 0.2) is 0 Å². The van der Waals surface area contributed by atoms with Crippen LogP contribution in [0.2, 0.25) is 0 Å². The monoisotopic (exact) mass is 412 g/mol. The van der Waals surface area contributed by atoms with Gasteiger partial charge in [-0.15, -0.1) is 6.58 Å². The zero-order valence-electron chi connectivity index (χ0n) is 16.8. The van der Waals surface area contributed by atoms with Crippen LogP contribution >= 0.6 is 0 Å². The molecule has 0 aliphatic heterocycles. The van der Waals surface area contributed by atoms with Crippen LogP contribution in [0, 0.1) is 6.92 Å². The Morgan fingerprint density at radius 1 is 1.10 bits per heavy atom. The Labute approximate surface area is 173 Å². The summed E-state index contributed by atoms with van der Waals surface area (Å²) < 4.78 is 28.3. The van der Waals surface area contributed by atoms with Crippen molar-refractivity contribution < 1.29 is 13.2 Å². The Hall–Kier alpha value is -2.60. The van der Waals surface area contributed by atoms with Gasteiger partial charge in [-0.25, -0.2) is 8.42 Å². The molecule has 1 saturated carbocycles. The number of sulfonamides is 1. The summed E-state index contributed by atoms with van der Waals surface area (Å²) in [6, 6.07) is 13.6. The number of benzene rings is 2. The summed E-state index contributed by atoms with van der Waals surface area (Å²) in [5, 5.41) is 0. The average Bonchev–Trinajstić information content (AvgIpc) is 2.72. The van der Waals surface area contributed by atoms with Crippen molar-refractivity contribution in [1.29, 1.82) is 0 Å². The van der Waals surface area contributed by atoms with Crippen molar-refractivity contribution in [2.75, 3.05) is 11.3 Å². The van der Waals surface area contributed by atoms with Crippen molar-refractivity contribution >= 4 is 21.6 Å². The maximum absolute atomic E-state index is 13.4. The lowest BCUT2D eigenvalue weighted by molar-refractivity contribution is 0.0664. The summed E-state index contributed by atoms with van der Waals surface area (Å²) in [4.78, 5) is 15.4. The third-order valence-electron chi connectivity index (χ3n) is 5.34. The van der Waals surface area contributed by atoms with Crippen LogP contribution in [-0.2, 0) is 10.0 Å². The molecule has 1 aliphatic carbocycles. The van der Waals surface area contributed by atoms with Crippen LogP contribution in [0.15, 0.2) is 66.1 Å². The molecule has 154 valence electrons. The first-order chi connectivity index (χ1) is 13.9. The molecule has 0 spiro atoms. The lowest BCUT2D eigenvalue weighted by atomic mass is 9.93. The normalized spacial score (nSPS) is 14.9. The van der Waals surface area contributed by atoms with Crippen molar-refractivity contribution in [2.45, 2.75) is 50.0 Å². The lowest BCUT2D eigenvalue weighted by Gasteiger charge is -2.34. The third kappa shape index (κ3) is 5.07. The lowest BCUT2D eigenvalue weighted by Crippen LogP contribution is -2.41. The number of nitrogens with zero attached hydrogens (tertiary/aromatic N) is 1. The minimum atomic E-state index is -3.79. The van der Waals surface area contributed by atoms with E-state index in [1.54, 1.807) is 54.6 Å². The van der Waals surface area contributed by atoms with Gasteiger partial charge in [0.25, 0.3) is 15.9 Å². The number of aryl methyl sites for hydroxylation is 1. The zero-order chi connectivity index (χ0) is 20.9. The minimum absolute atomic E-state index is 0.163. The second-order valence-corrected chi connectivity index (χ2v) is 9.18. The summed E-state index contributed by atoms with van der Waals surface area (Å²) in [5.41, 5.74) is 1.63. The maximum Gasteiger partial charge on any atom is 0.261 e. The van der Waals surface area contributed by atoms with E-state index in [0.717, 1.165) is 31.2 Å². The largest absolute Gasteiger partial charge is 0.332 e. The number of carbonyl (C=O) groups is 1. The molecule has 0 heterocycles. The van der Waals surface area contributed by atoms with Gasteiger partial charge >= 0.3 is 0 Å². The van der Waals surface area contributed by atoms with Crippen LogP contribution in [0.5, 0.6) is 0 Å². The fraction of sp³-hybridized carbons (Fsp3) is 0.348. The molecule has 0 aromatic heterocycles. The van der Waals surface area contributed by atoms with E-state index in [2.05, 4.69) is 11.3 Å². The molecule has 2 aromatic carbocycles. The highest BCUT2D eigenvalue weighted by molar-refractivity contribution is 7.92. The summed E-state index contributed by atoms with van der Waals surface area (Å²) in [6.45, 7) is 6.14. The van der Waals surface area contributed by atoms with Gasteiger partial charge in [0.2, 0.25) is 0 Å². The number of rotatable bonds is 7. The Kier molecular flexibility index (Phi) is 6.75. The Morgan fingerprint density at radius 3 is 2.41 bits per heavy atom. The van der Waals surface area contributed by atoms with Gasteiger partial charge in [0, 0.05) is 12.6 Å². The van der Waals surface area contributed by atoms with E-state index in [4.69, 9.17) is 0 Å². The van der Waals surface area contributed by atoms with Gasteiger partial charge < -0.3 is 4.90 Å². The zero-order valence-corrected chi connectivity index (χ0v) is 17.6. The molecule has 1 N–H and O–H groups in total. The van der Waals surface area contributed by atoms with Crippen molar-refractivity contribution in [1.82, 2.24) is 4.90 Å². The standard InChI is InChI=1S/C23H28N2O3S/c1-3-17-25(19-9-5-4-6-10-19)23(26)21-11-7-8-12-22(21)24-29(27,28)20-15-13-18(2)14-16-20/h3,7-8,11-16,19,24H,1,4-6,9-10,17H2,2H3. The van der Waals surface area contributed by atoms with Crippen LogP contribution < -0.4 is 4.72 Å². The molecule has 0 radical (unpaired) electrons. The first kappa shape index (κ1) is 21.1. The number of hydrogen-bond donors (Lipinski definition) is 1. The maximum atomic E-state index is 13.4. The fourth-order valence-electron chi connectivity index (χ4n) is 3.76. The van der Waals surface area contributed by atoms with Crippen molar-refractivity contribution in [3.63, 3.8) is 0 Å². The van der Waals surface area contributed by atoms with Gasteiger partial charge in [-0.2, -0.15) is 0 Å². The summed E-state index contributed by atoms with van der Waals surface area (Å²) in [6.07, 6.45) is 7.07. The Bertz CT molecular complexity index is 962. The highest BCUT2D eigenvalue weighted by Crippen LogP contribution is 2.27. The smallest absolute Gasteiger partial charge is 0.261 e. The number of carbonyl (C=O) groups excluding carboxylic acids is 1. The van der Waals surface area contributed by atoms with Crippen molar-refractivity contribution in [3.05, 3.63) is 72.3 Å². The summed E-state index contributed by atoms with van der Waals surface area (Å²) in [5.74, 6) is -0.168. The number of para-hydroxylation sites is 1. The van der Waals surface area contributed by atoms with Gasteiger partial charge in [-0.05, 0) is 44.0 Å². The molecule has 29 heavy (non-hydrogen) atoms. The van der Waals surface area contributed by atoms with Crippen LogP contribution in [0.25, 0.3) is 0 Å². The van der Waals surface area contributed by atoms with Gasteiger partial charge in [0.05, 0.1) is 16.1 Å². The van der Waals surface area contributed by atoms with Gasteiger partial charge in [-0.1, -0.05) is 55.2 Å². The molecular weight excluding hydrogens is 384 g/mol. The quantitative estimate of drug-likeness (QED) is 0.667. The average molecular weight is 413 g/mol. The number of nitrogens with one attached hydrogen (secondary N) is 1. The molecule has 1 fully saturated rings. The number of amides is 1. The molecule has 0 unspecified atom stereocenters. The highest BCUT2D eigenvalue weighted by atomic mass is 32.2. The topological polar surface area (TPSA) is 66.5 Å². The molecule has 1 aliphatic rings. The fourth-order valence-corrected chi connectivity index (χ4v) is 4.84. The van der Waals surface area contributed by atoms with Crippen LogP contribution in [-0.4, -0.2) is 31.8 Å². The second kappa shape index (κ2) is 9.27. The van der Waals surface area contributed by atoms with Crippen molar-refractivity contribution in [3.8, 4) is 0 Å². The highest BCUT2D eigenvalue weighted by Gasteiger charge is 2.27. The third-order valence-corrected chi connectivity index (χ3v) is 6.72. The van der Waals surface area contributed by atoms with Crippen LogP contribution in [0.1, 0.15) is 48.0 Å². The van der Waals surface area contributed by atoms with E-state index >= 15 is 0 Å². The number of anilines is 1. The van der Waals surface area contributed by atoms with E-state index in [1.807, 2.05) is 11.8 Å². The first-order valence-electron chi connectivity index (χ1n) is 10.0. The van der Waals surface area contributed by atoms with E-state index < -0.39 is 10.0 Å². The molecule has 0 bridgehead atoms. The summed E-state index contributed by atoms with van der Waals surface area (Å²) >= 11 is 0. The molecule has 0 atom stereocenters. The molecule has 6 heteroatoms. The molecule has 1 amide bonds. The minimum Gasteiger partial charge on any atom is -0.332 e. The SMILES string of the molecule is C=CCN(C(=O)c1ccccc1NS(=O)(=O)c1ccc(C)cc1)C1CCCCC1. The van der Waals surface area contributed by atoms with Crippen LogP contribution in [0.4, 0.5) is 5.69 Å². The van der Waals surface area contributed by atoms with Gasteiger partial charge in [-0.3, -0.25) is 9.52 Å².